The summed E-state index contributed by atoms with van der Waals surface area (Å²) in [7, 11) is 0. The first kappa shape index (κ1) is 9.39. The van der Waals surface area contributed by atoms with Crippen LogP contribution in [0.2, 0.25) is 0 Å². The zero-order chi connectivity index (χ0) is 9.80. The largest absolute Gasteiger partial charge is 0.373 e. The van der Waals surface area contributed by atoms with Crippen LogP contribution in [0.25, 0.3) is 0 Å². The molecule has 0 amide bonds. The van der Waals surface area contributed by atoms with Crippen LogP contribution < -0.4 is 5.32 Å². The minimum atomic E-state index is 0.663. The molecule has 1 N–H and O–H groups in total. The first-order valence-corrected chi connectivity index (χ1v) is 5.43. The highest BCUT2D eigenvalue weighted by molar-refractivity contribution is 4.93. The summed E-state index contributed by atoms with van der Waals surface area (Å²) in [5, 5.41) is 11.8. The molecule has 2 rings (SSSR count). The molecule has 1 aliphatic heterocycles. The highest BCUT2D eigenvalue weighted by Gasteiger charge is 2.24. The summed E-state index contributed by atoms with van der Waals surface area (Å²) in [5.41, 5.74) is 0. The van der Waals surface area contributed by atoms with Crippen LogP contribution in [0.5, 0.6) is 0 Å². The summed E-state index contributed by atoms with van der Waals surface area (Å²) in [4.78, 5) is 2.38. The topological polar surface area (TPSA) is 39.1 Å². The lowest BCUT2D eigenvalue weighted by molar-refractivity contribution is 0.193. The van der Waals surface area contributed by atoms with E-state index in [0.29, 0.717) is 12.0 Å². The van der Waals surface area contributed by atoms with E-state index in [1.165, 1.54) is 25.7 Å². The Labute approximate surface area is 85.4 Å². The SMILES string of the molecule is N#CCC1CCC(N2C=CNC2)CC1. The van der Waals surface area contributed by atoms with Crippen molar-refractivity contribution in [1.82, 2.24) is 10.2 Å². The molecular formula is C11H17N3. The number of nitriles is 1. The van der Waals surface area contributed by atoms with Crippen LogP contribution in [0.15, 0.2) is 12.4 Å². The first-order valence-electron chi connectivity index (χ1n) is 5.43. The molecule has 0 unspecified atom stereocenters. The van der Waals surface area contributed by atoms with Crippen molar-refractivity contribution in [3.05, 3.63) is 12.4 Å². The van der Waals surface area contributed by atoms with Gasteiger partial charge in [-0.2, -0.15) is 5.26 Å². The Bertz CT molecular complexity index is 246. The molecule has 1 aliphatic carbocycles. The Kier molecular flexibility index (Phi) is 2.93. The van der Waals surface area contributed by atoms with Crippen LogP contribution in [0.1, 0.15) is 32.1 Å². The van der Waals surface area contributed by atoms with Gasteiger partial charge in [0.2, 0.25) is 0 Å². The van der Waals surface area contributed by atoms with Crippen molar-refractivity contribution in [2.45, 2.75) is 38.1 Å². The zero-order valence-electron chi connectivity index (χ0n) is 8.45. The van der Waals surface area contributed by atoms with Gasteiger partial charge in [-0.1, -0.05) is 0 Å². The normalized spacial score (nSPS) is 31.2. The van der Waals surface area contributed by atoms with Gasteiger partial charge in [-0.3, -0.25) is 0 Å². The van der Waals surface area contributed by atoms with E-state index < -0.39 is 0 Å². The van der Waals surface area contributed by atoms with E-state index >= 15 is 0 Å². The van der Waals surface area contributed by atoms with Gasteiger partial charge in [0.1, 0.15) is 0 Å². The Morgan fingerprint density at radius 1 is 1.36 bits per heavy atom. The molecule has 1 saturated carbocycles. The van der Waals surface area contributed by atoms with Crippen LogP contribution in [0.3, 0.4) is 0 Å². The molecule has 0 radical (unpaired) electrons. The average Bonchev–Trinajstić information content (AvgIpc) is 2.72. The van der Waals surface area contributed by atoms with Crippen LogP contribution in [0.4, 0.5) is 0 Å². The zero-order valence-corrected chi connectivity index (χ0v) is 8.45. The highest BCUT2D eigenvalue weighted by Crippen LogP contribution is 2.29. The fourth-order valence-corrected chi connectivity index (χ4v) is 2.42. The molecule has 1 fully saturated rings. The predicted molar refractivity (Wildman–Crippen MR) is 55.0 cm³/mol. The molecule has 0 aromatic carbocycles. The van der Waals surface area contributed by atoms with Crippen LogP contribution in [-0.4, -0.2) is 17.6 Å². The van der Waals surface area contributed by atoms with E-state index in [9.17, 15) is 0 Å². The predicted octanol–water partition coefficient (Wildman–Crippen LogP) is 1.79. The maximum atomic E-state index is 8.61. The summed E-state index contributed by atoms with van der Waals surface area (Å²) in [5.74, 6) is 0.663. The van der Waals surface area contributed by atoms with Gasteiger partial charge in [0.25, 0.3) is 0 Å². The quantitative estimate of drug-likeness (QED) is 0.723. The van der Waals surface area contributed by atoms with E-state index in [0.717, 1.165) is 13.1 Å². The molecule has 0 saturated heterocycles. The first-order chi connectivity index (χ1) is 6.90. The standard InChI is InChI=1S/C11H17N3/c12-6-5-10-1-3-11(4-2-10)14-8-7-13-9-14/h7-8,10-11,13H,1-5,9H2. The van der Waals surface area contributed by atoms with Gasteiger partial charge >= 0.3 is 0 Å². The van der Waals surface area contributed by atoms with Gasteiger partial charge in [-0.15, -0.1) is 0 Å². The number of nitrogens with zero attached hydrogens (tertiary/aromatic N) is 2. The lowest BCUT2D eigenvalue weighted by atomic mass is 9.84. The fourth-order valence-electron chi connectivity index (χ4n) is 2.42. The summed E-state index contributed by atoms with van der Waals surface area (Å²) < 4.78 is 0. The lowest BCUT2D eigenvalue weighted by Gasteiger charge is -2.33. The maximum Gasteiger partial charge on any atom is 0.0870 e. The van der Waals surface area contributed by atoms with E-state index in [2.05, 4.69) is 22.5 Å². The third-order valence-electron chi connectivity index (χ3n) is 3.32. The second-order valence-electron chi connectivity index (χ2n) is 4.23. The highest BCUT2D eigenvalue weighted by atomic mass is 15.3. The lowest BCUT2D eigenvalue weighted by Crippen LogP contribution is -2.35. The van der Waals surface area contributed by atoms with E-state index in [-0.39, 0.29) is 0 Å². The molecule has 14 heavy (non-hydrogen) atoms. The molecule has 0 aromatic rings. The molecule has 0 spiro atoms. The van der Waals surface area contributed by atoms with Crippen molar-refractivity contribution in [2.24, 2.45) is 5.92 Å². The van der Waals surface area contributed by atoms with Gasteiger partial charge in [0, 0.05) is 24.9 Å². The van der Waals surface area contributed by atoms with Gasteiger partial charge in [0.05, 0.1) is 12.7 Å². The van der Waals surface area contributed by atoms with Gasteiger partial charge in [0.15, 0.2) is 0 Å². The van der Waals surface area contributed by atoms with Gasteiger partial charge < -0.3 is 10.2 Å². The van der Waals surface area contributed by atoms with Gasteiger partial charge in [-0.05, 0) is 31.6 Å². The summed E-state index contributed by atoms with van der Waals surface area (Å²) >= 11 is 0. The molecular weight excluding hydrogens is 174 g/mol. The van der Waals surface area contributed by atoms with Crippen molar-refractivity contribution in [1.29, 1.82) is 5.26 Å². The third kappa shape index (κ3) is 2.01. The minimum Gasteiger partial charge on any atom is -0.373 e. The Morgan fingerprint density at radius 2 is 2.14 bits per heavy atom. The van der Waals surface area contributed by atoms with Crippen molar-refractivity contribution in [2.75, 3.05) is 6.67 Å². The Morgan fingerprint density at radius 3 is 2.71 bits per heavy atom. The monoisotopic (exact) mass is 191 g/mol. The van der Waals surface area contributed by atoms with E-state index in [1.54, 1.807) is 0 Å². The smallest absolute Gasteiger partial charge is 0.0870 e. The number of hydrogen-bond donors (Lipinski definition) is 1. The Hall–Kier alpha value is -1.17. The summed E-state index contributed by atoms with van der Waals surface area (Å²) in [6, 6.07) is 2.99. The number of nitrogens with one attached hydrogen (secondary N) is 1. The number of rotatable bonds is 2. The fraction of sp³-hybridized carbons (Fsp3) is 0.727. The molecule has 3 heteroatoms. The van der Waals surface area contributed by atoms with Crippen LogP contribution in [0, 0.1) is 17.2 Å². The molecule has 1 heterocycles. The van der Waals surface area contributed by atoms with Crippen LogP contribution >= 0.6 is 0 Å². The van der Waals surface area contributed by atoms with Crippen molar-refractivity contribution in [3.8, 4) is 6.07 Å². The van der Waals surface area contributed by atoms with Crippen molar-refractivity contribution < 1.29 is 0 Å². The average molecular weight is 191 g/mol. The molecule has 76 valence electrons. The maximum absolute atomic E-state index is 8.61. The summed E-state index contributed by atoms with van der Waals surface area (Å²) in [6.07, 6.45) is 9.86. The number of hydrogen-bond acceptors (Lipinski definition) is 3. The van der Waals surface area contributed by atoms with Crippen molar-refractivity contribution >= 4 is 0 Å². The Balaban J connectivity index is 1.78. The summed E-state index contributed by atoms with van der Waals surface area (Å²) in [6.45, 7) is 0.966. The van der Waals surface area contributed by atoms with Crippen LogP contribution in [-0.2, 0) is 0 Å². The molecule has 0 aromatic heterocycles. The second kappa shape index (κ2) is 4.36. The van der Waals surface area contributed by atoms with E-state index in [4.69, 9.17) is 5.26 Å². The van der Waals surface area contributed by atoms with E-state index in [1.807, 2.05) is 6.20 Å². The second-order valence-corrected chi connectivity index (χ2v) is 4.23. The van der Waals surface area contributed by atoms with Gasteiger partial charge in [-0.25, -0.2) is 0 Å². The molecule has 2 aliphatic rings. The minimum absolute atomic E-state index is 0.663. The molecule has 3 nitrogen and oxygen atoms in total. The third-order valence-corrected chi connectivity index (χ3v) is 3.32. The van der Waals surface area contributed by atoms with Crippen molar-refractivity contribution in [3.63, 3.8) is 0 Å². The molecule has 0 atom stereocenters. The molecule has 0 bridgehead atoms.